The van der Waals surface area contributed by atoms with Gasteiger partial charge in [-0.2, -0.15) is 0 Å². The number of carbonyl (C=O) groups excluding carboxylic acids is 2. The van der Waals surface area contributed by atoms with Crippen LogP contribution < -0.4 is 15.8 Å². The van der Waals surface area contributed by atoms with Gasteiger partial charge in [0.15, 0.2) is 0 Å². The highest BCUT2D eigenvalue weighted by atomic mass is 16.5. The minimum atomic E-state index is -0.770. The van der Waals surface area contributed by atoms with Crippen LogP contribution in [0.2, 0.25) is 0 Å². The number of hydrogen-bond acceptors (Lipinski definition) is 7. The molecule has 0 aliphatic rings. The van der Waals surface area contributed by atoms with E-state index in [1.54, 1.807) is 24.3 Å². The fourth-order valence-electron chi connectivity index (χ4n) is 2.01. The summed E-state index contributed by atoms with van der Waals surface area (Å²) in [5, 5.41) is 2.58. The largest absolute Gasteiger partial charge is 0.469 e. The van der Waals surface area contributed by atoms with Gasteiger partial charge in [-0.1, -0.05) is 12.0 Å². The standard InChI is InChI=1S/C18H18N4O4/c1-3-13(9-17(23)25-2)22-18(24)12-5-4-6-15(7-12)26-16-8-14(10-19)20-11-21-16/h1,4-8,11,13H,9-10,19H2,2H3,(H,22,24)/t13-/m0/s1. The van der Waals surface area contributed by atoms with Gasteiger partial charge in [-0.25, -0.2) is 9.97 Å². The molecule has 0 saturated carbocycles. The molecule has 0 unspecified atom stereocenters. The highest BCUT2D eigenvalue weighted by Gasteiger charge is 2.16. The molecule has 0 radical (unpaired) electrons. The van der Waals surface area contributed by atoms with Crippen LogP contribution in [0.3, 0.4) is 0 Å². The summed E-state index contributed by atoms with van der Waals surface area (Å²) in [5.41, 5.74) is 6.48. The maximum atomic E-state index is 12.3. The predicted octanol–water partition coefficient (Wildman–Crippen LogP) is 1.02. The molecule has 26 heavy (non-hydrogen) atoms. The first-order valence-corrected chi connectivity index (χ1v) is 7.68. The molecule has 2 aromatic rings. The van der Waals surface area contributed by atoms with Crippen LogP contribution in [0, 0.1) is 12.3 Å². The third-order valence-corrected chi connectivity index (χ3v) is 3.33. The third-order valence-electron chi connectivity index (χ3n) is 3.33. The molecule has 0 bridgehead atoms. The quantitative estimate of drug-likeness (QED) is 0.563. The van der Waals surface area contributed by atoms with Gasteiger partial charge in [-0.15, -0.1) is 6.42 Å². The molecule has 0 fully saturated rings. The highest BCUT2D eigenvalue weighted by Crippen LogP contribution is 2.20. The van der Waals surface area contributed by atoms with E-state index in [9.17, 15) is 9.59 Å². The molecule has 8 nitrogen and oxygen atoms in total. The third kappa shape index (κ3) is 5.29. The Morgan fingerprint density at radius 1 is 1.35 bits per heavy atom. The average Bonchev–Trinajstić information content (AvgIpc) is 2.67. The molecule has 1 heterocycles. The first-order valence-electron chi connectivity index (χ1n) is 7.68. The molecule has 0 spiro atoms. The van der Waals surface area contributed by atoms with E-state index in [1.165, 1.54) is 19.5 Å². The van der Waals surface area contributed by atoms with E-state index in [0.29, 0.717) is 22.9 Å². The van der Waals surface area contributed by atoms with Crippen LogP contribution in [0.15, 0.2) is 36.7 Å². The van der Waals surface area contributed by atoms with Gasteiger partial charge in [0.1, 0.15) is 18.1 Å². The van der Waals surface area contributed by atoms with Crippen LogP contribution in [0.1, 0.15) is 22.5 Å². The molecule has 3 N–H and O–H groups in total. The van der Waals surface area contributed by atoms with Crippen molar-refractivity contribution in [3.05, 3.63) is 47.9 Å². The van der Waals surface area contributed by atoms with Gasteiger partial charge in [0, 0.05) is 18.2 Å². The number of methoxy groups -OCH3 is 1. The van der Waals surface area contributed by atoms with E-state index in [1.807, 2.05) is 0 Å². The number of aromatic nitrogens is 2. The lowest BCUT2D eigenvalue weighted by atomic mass is 10.1. The molecule has 8 heteroatoms. The van der Waals surface area contributed by atoms with Crippen molar-refractivity contribution in [2.45, 2.75) is 19.0 Å². The molecular weight excluding hydrogens is 336 g/mol. The van der Waals surface area contributed by atoms with E-state index in [-0.39, 0.29) is 13.0 Å². The molecule has 1 amide bonds. The van der Waals surface area contributed by atoms with Crippen molar-refractivity contribution < 1.29 is 19.1 Å². The van der Waals surface area contributed by atoms with Gasteiger partial charge in [0.25, 0.3) is 5.91 Å². The molecule has 134 valence electrons. The number of nitrogens with one attached hydrogen (secondary N) is 1. The second-order valence-electron chi connectivity index (χ2n) is 5.15. The molecule has 0 aliphatic carbocycles. The second-order valence-corrected chi connectivity index (χ2v) is 5.15. The Morgan fingerprint density at radius 3 is 2.85 bits per heavy atom. The second kappa shape index (κ2) is 9.15. The topological polar surface area (TPSA) is 116 Å². The molecule has 1 aromatic carbocycles. The number of carbonyl (C=O) groups is 2. The minimum Gasteiger partial charge on any atom is -0.469 e. The first kappa shape index (κ1) is 18.9. The van der Waals surface area contributed by atoms with Gasteiger partial charge in [0.2, 0.25) is 5.88 Å². The monoisotopic (exact) mass is 354 g/mol. The number of ether oxygens (including phenoxy) is 2. The SMILES string of the molecule is C#C[C@@H](CC(=O)OC)NC(=O)c1cccc(Oc2cc(CN)ncn2)c1. The number of rotatable bonds is 7. The van der Waals surface area contributed by atoms with Crippen LogP contribution in [0.25, 0.3) is 0 Å². The molecule has 1 aromatic heterocycles. The molecule has 0 aliphatic heterocycles. The van der Waals surface area contributed by atoms with Gasteiger partial charge in [-0.05, 0) is 18.2 Å². The Balaban J connectivity index is 2.08. The van der Waals surface area contributed by atoms with Crippen molar-refractivity contribution in [1.82, 2.24) is 15.3 Å². The fourth-order valence-corrected chi connectivity index (χ4v) is 2.01. The summed E-state index contributed by atoms with van der Waals surface area (Å²) >= 11 is 0. The van der Waals surface area contributed by atoms with E-state index in [0.717, 1.165) is 0 Å². The maximum Gasteiger partial charge on any atom is 0.308 e. The zero-order chi connectivity index (χ0) is 18.9. The predicted molar refractivity (Wildman–Crippen MR) is 93.2 cm³/mol. The lowest BCUT2D eigenvalue weighted by Crippen LogP contribution is -2.35. The average molecular weight is 354 g/mol. The summed E-state index contributed by atoms with van der Waals surface area (Å²) in [6.45, 7) is 0.259. The number of esters is 1. The highest BCUT2D eigenvalue weighted by molar-refractivity contribution is 5.95. The van der Waals surface area contributed by atoms with Crippen LogP contribution in [0.4, 0.5) is 0 Å². The summed E-state index contributed by atoms with van der Waals surface area (Å²) < 4.78 is 10.2. The van der Waals surface area contributed by atoms with E-state index in [4.69, 9.17) is 16.9 Å². The number of hydrogen-bond donors (Lipinski definition) is 2. The van der Waals surface area contributed by atoms with Crippen LogP contribution >= 0.6 is 0 Å². The van der Waals surface area contributed by atoms with Crippen molar-refractivity contribution in [1.29, 1.82) is 0 Å². The van der Waals surface area contributed by atoms with Crippen LogP contribution in [-0.2, 0) is 16.1 Å². The van der Waals surface area contributed by atoms with Crippen molar-refractivity contribution in [2.24, 2.45) is 5.73 Å². The fraction of sp³-hybridized carbons (Fsp3) is 0.222. The lowest BCUT2D eigenvalue weighted by Gasteiger charge is -2.12. The van der Waals surface area contributed by atoms with Crippen LogP contribution in [-0.4, -0.2) is 35.0 Å². The van der Waals surface area contributed by atoms with Crippen molar-refractivity contribution >= 4 is 11.9 Å². The zero-order valence-electron chi connectivity index (χ0n) is 14.1. The van der Waals surface area contributed by atoms with Gasteiger partial charge in [0.05, 0.1) is 19.2 Å². The van der Waals surface area contributed by atoms with Crippen molar-refractivity contribution in [3.63, 3.8) is 0 Å². The Labute approximate surface area is 150 Å². The molecular formula is C18H18N4O4. The van der Waals surface area contributed by atoms with Gasteiger partial charge >= 0.3 is 5.97 Å². The molecule has 2 rings (SSSR count). The Kier molecular flexibility index (Phi) is 6.65. The molecule has 0 saturated heterocycles. The summed E-state index contributed by atoms with van der Waals surface area (Å²) in [7, 11) is 1.25. The Morgan fingerprint density at radius 2 is 2.15 bits per heavy atom. The smallest absolute Gasteiger partial charge is 0.308 e. The first-order chi connectivity index (χ1) is 12.5. The summed E-state index contributed by atoms with van der Waals surface area (Å²) in [6.07, 6.45) is 6.57. The number of nitrogens with two attached hydrogens (primary N) is 1. The minimum absolute atomic E-state index is 0.113. The lowest BCUT2D eigenvalue weighted by molar-refractivity contribution is -0.140. The van der Waals surface area contributed by atoms with E-state index < -0.39 is 17.9 Å². The summed E-state index contributed by atoms with van der Waals surface area (Å²) in [5.74, 6) is 2.11. The van der Waals surface area contributed by atoms with Gasteiger partial charge < -0.3 is 20.5 Å². The maximum absolute atomic E-state index is 12.3. The normalized spacial score (nSPS) is 11.1. The Hall–Kier alpha value is -3.44. The summed E-state index contributed by atoms with van der Waals surface area (Å²) in [6, 6.07) is 7.30. The number of nitrogens with zero attached hydrogens (tertiary/aromatic N) is 2. The number of terminal acetylenes is 1. The van der Waals surface area contributed by atoms with Crippen LogP contribution in [0.5, 0.6) is 11.6 Å². The van der Waals surface area contributed by atoms with E-state index in [2.05, 4.69) is 25.9 Å². The van der Waals surface area contributed by atoms with Crippen molar-refractivity contribution in [3.8, 4) is 24.0 Å². The Bertz CT molecular complexity index is 832. The number of benzene rings is 1. The van der Waals surface area contributed by atoms with Gasteiger partial charge in [-0.3, -0.25) is 9.59 Å². The summed E-state index contributed by atoms with van der Waals surface area (Å²) in [4.78, 5) is 31.6. The zero-order valence-corrected chi connectivity index (χ0v) is 14.1. The van der Waals surface area contributed by atoms with Crippen molar-refractivity contribution in [2.75, 3.05) is 7.11 Å². The molecule has 1 atom stereocenters. The number of amides is 1. The van der Waals surface area contributed by atoms with E-state index >= 15 is 0 Å².